The number of hydrogen-bond acceptors (Lipinski definition) is 0. The molecular weight excluding hydrogens is 182 g/mol. The third kappa shape index (κ3) is 2.50. The van der Waals surface area contributed by atoms with E-state index in [4.69, 9.17) is 0 Å². The van der Waals surface area contributed by atoms with Crippen LogP contribution in [0.4, 0.5) is 0 Å². The summed E-state index contributed by atoms with van der Waals surface area (Å²) in [6.45, 7) is 4.31. The maximum atomic E-state index is 2.26. The number of aromatic nitrogens is 1. The van der Waals surface area contributed by atoms with E-state index in [1.807, 2.05) is 0 Å². The average Bonchev–Trinajstić information content (AvgIpc) is 2.49. The zero-order valence-corrected chi connectivity index (χ0v) is 9.62. The molecule has 0 saturated carbocycles. The van der Waals surface area contributed by atoms with Gasteiger partial charge in [-0.25, -0.2) is 0 Å². The summed E-state index contributed by atoms with van der Waals surface area (Å²) in [6, 6.07) is 8.92. The second-order valence-electron chi connectivity index (χ2n) is 4.36. The van der Waals surface area contributed by atoms with Crippen molar-refractivity contribution in [2.45, 2.75) is 20.3 Å². The Morgan fingerprint density at radius 3 is 2.20 bits per heavy atom. The minimum absolute atomic E-state index is 1.03. The largest absolute Gasteiger partial charge is 0.357 e. The molecule has 0 aliphatic heterocycles. The van der Waals surface area contributed by atoms with E-state index in [0.29, 0.717) is 0 Å². The molecule has 0 aliphatic rings. The van der Waals surface area contributed by atoms with E-state index >= 15 is 0 Å². The molecular formula is C14H17N. The van der Waals surface area contributed by atoms with Gasteiger partial charge in [-0.1, -0.05) is 29.3 Å². The van der Waals surface area contributed by atoms with Crippen LogP contribution in [0.15, 0.2) is 36.7 Å². The molecule has 2 rings (SSSR count). The van der Waals surface area contributed by atoms with Crippen LogP contribution in [0.5, 0.6) is 0 Å². The van der Waals surface area contributed by atoms with Crippen LogP contribution in [0.2, 0.25) is 0 Å². The standard InChI is InChI=1S/C14H17N/c1-11-6-12(2)8-14(7-11)9-13-4-5-15(3)10-13/h4-8,10H,9H2,1-3H3. The van der Waals surface area contributed by atoms with Crippen molar-refractivity contribution in [2.24, 2.45) is 7.05 Å². The lowest BCUT2D eigenvalue weighted by molar-refractivity contribution is 0.921. The molecule has 0 N–H and O–H groups in total. The molecule has 0 radical (unpaired) electrons. The van der Waals surface area contributed by atoms with Crippen LogP contribution in [0.3, 0.4) is 0 Å². The highest BCUT2D eigenvalue weighted by Gasteiger charge is 1.99. The summed E-state index contributed by atoms with van der Waals surface area (Å²) in [7, 11) is 2.06. The highest BCUT2D eigenvalue weighted by molar-refractivity contribution is 5.32. The molecule has 0 fully saturated rings. The molecule has 15 heavy (non-hydrogen) atoms. The lowest BCUT2D eigenvalue weighted by atomic mass is 10.0. The maximum Gasteiger partial charge on any atom is 0.0106 e. The molecule has 78 valence electrons. The second kappa shape index (κ2) is 3.93. The normalized spacial score (nSPS) is 10.6. The molecule has 1 heterocycles. The summed E-state index contributed by atoms with van der Waals surface area (Å²) < 4.78 is 2.10. The number of nitrogens with zero attached hydrogens (tertiary/aromatic N) is 1. The average molecular weight is 199 g/mol. The Hall–Kier alpha value is -1.50. The minimum atomic E-state index is 1.03. The van der Waals surface area contributed by atoms with Crippen LogP contribution in [-0.4, -0.2) is 4.57 Å². The maximum absolute atomic E-state index is 2.26. The first kappa shape index (κ1) is 10.0. The van der Waals surface area contributed by atoms with Crippen molar-refractivity contribution in [3.63, 3.8) is 0 Å². The number of benzene rings is 1. The Morgan fingerprint density at radius 2 is 1.67 bits per heavy atom. The van der Waals surface area contributed by atoms with E-state index in [1.165, 1.54) is 22.3 Å². The van der Waals surface area contributed by atoms with Crippen molar-refractivity contribution in [3.05, 3.63) is 58.9 Å². The Labute approximate surface area is 91.4 Å². The second-order valence-corrected chi connectivity index (χ2v) is 4.36. The van der Waals surface area contributed by atoms with Crippen LogP contribution in [0.25, 0.3) is 0 Å². The Bertz CT molecular complexity index is 446. The van der Waals surface area contributed by atoms with Crippen molar-refractivity contribution < 1.29 is 0 Å². The predicted octanol–water partition coefficient (Wildman–Crippen LogP) is 3.23. The van der Waals surface area contributed by atoms with E-state index < -0.39 is 0 Å². The fourth-order valence-corrected chi connectivity index (χ4v) is 2.07. The summed E-state index contributed by atoms with van der Waals surface area (Å²) in [5, 5.41) is 0. The number of rotatable bonds is 2. The third-order valence-electron chi connectivity index (χ3n) is 2.58. The first-order valence-corrected chi connectivity index (χ1v) is 5.31. The minimum Gasteiger partial charge on any atom is -0.357 e. The first-order chi connectivity index (χ1) is 7.13. The third-order valence-corrected chi connectivity index (χ3v) is 2.58. The van der Waals surface area contributed by atoms with Gasteiger partial charge < -0.3 is 4.57 Å². The topological polar surface area (TPSA) is 4.93 Å². The van der Waals surface area contributed by atoms with E-state index in [9.17, 15) is 0 Å². The van der Waals surface area contributed by atoms with Gasteiger partial charge in [-0.15, -0.1) is 0 Å². The predicted molar refractivity (Wildman–Crippen MR) is 64.1 cm³/mol. The Kier molecular flexibility index (Phi) is 2.63. The van der Waals surface area contributed by atoms with Crippen molar-refractivity contribution in [2.75, 3.05) is 0 Å². The van der Waals surface area contributed by atoms with Crippen molar-refractivity contribution in [1.29, 1.82) is 0 Å². The smallest absolute Gasteiger partial charge is 0.0106 e. The lowest BCUT2D eigenvalue weighted by Crippen LogP contribution is -1.89. The molecule has 0 unspecified atom stereocenters. The molecule has 0 bridgehead atoms. The van der Waals surface area contributed by atoms with Crippen LogP contribution in [0.1, 0.15) is 22.3 Å². The highest BCUT2D eigenvalue weighted by atomic mass is 14.9. The number of aryl methyl sites for hydroxylation is 3. The molecule has 0 amide bonds. The van der Waals surface area contributed by atoms with Gasteiger partial charge in [-0.3, -0.25) is 0 Å². The Morgan fingerprint density at radius 1 is 1.00 bits per heavy atom. The van der Waals surface area contributed by atoms with E-state index in [0.717, 1.165) is 6.42 Å². The first-order valence-electron chi connectivity index (χ1n) is 5.31. The molecule has 1 aromatic carbocycles. The molecule has 1 aromatic heterocycles. The lowest BCUT2D eigenvalue weighted by Gasteiger charge is -2.03. The monoisotopic (exact) mass is 199 g/mol. The van der Waals surface area contributed by atoms with Crippen molar-refractivity contribution in [3.8, 4) is 0 Å². The zero-order chi connectivity index (χ0) is 10.8. The van der Waals surface area contributed by atoms with Crippen molar-refractivity contribution in [1.82, 2.24) is 4.57 Å². The van der Waals surface area contributed by atoms with E-state index in [1.54, 1.807) is 0 Å². The van der Waals surface area contributed by atoms with Crippen LogP contribution >= 0.6 is 0 Å². The molecule has 1 heteroatoms. The highest BCUT2D eigenvalue weighted by Crippen LogP contribution is 2.13. The molecule has 0 spiro atoms. The molecule has 0 atom stereocenters. The number of hydrogen-bond donors (Lipinski definition) is 0. The van der Waals surface area contributed by atoms with Gasteiger partial charge in [0.25, 0.3) is 0 Å². The quantitative estimate of drug-likeness (QED) is 0.699. The summed E-state index contributed by atoms with van der Waals surface area (Å²) in [5.74, 6) is 0. The fraction of sp³-hybridized carbons (Fsp3) is 0.286. The molecule has 0 saturated heterocycles. The molecule has 0 aliphatic carbocycles. The molecule has 1 nitrogen and oxygen atoms in total. The van der Waals surface area contributed by atoms with Crippen molar-refractivity contribution >= 4 is 0 Å². The van der Waals surface area contributed by atoms with Gasteiger partial charge in [-0.05, 0) is 37.5 Å². The van der Waals surface area contributed by atoms with Gasteiger partial charge in [0.05, 0.1) is 0 Å². The summed E-state index contributed by atoms with van der Waals surface area (Å²) >= 11 is 0. The summed E-state index contributed by atoms with van der Waals surface area (Å²) in [6.07, 6.45) is 5.30. The molecule has 2 aromatic rings. The Balaban J connectivity index is 2.24. The summed E-state index contributed by atoms with van der Waals surface area (Å²) in [4.78, 5) is 0. The fourth-order valence-electron chi connectivity index (χ4n) is 2.07. The zero-order valence-electron chi connectivity index (χ0n) is 9.62. The van der Waals surface area contributed by atoms with Gasteiger partial charge in [0.15, 0.2) is 0 Å². The van der Waals surface area contributed by atoms with E-state index in [-0.39, 0.29) is 0 Å². The van der Waals surface area contributed by atoms with E-state index in [2.05, 4.69) is 62.1 Å². The van der Waals surface area contributed by atoms with Gasteiger partial charge in [0.1, 0.15) is 0 Å². The van der Waals surface area contributed by atoms with Gasteiger partial charge >= 0.3 is 0 Å². The SMILES string of the molecule is Cc1cc(C)cc(Cc2ccn(C)c2)c1. The van der Waals surface area contributed by atoms with Gasteiger partial charge in [-0.2, -0.15) is 0 Å². The van der Waals surface area contributed by atoms with Crippen LogP contribution in [0, 0.1) is 13.8 Å². The van der Waals surface area contributed by atoms with Crippen LogP contribution < -0.4 is 0 Å². The summed E-state index contributed by atoms with van der Waals surface area (Å²) in [5.41, 5.74) is 5.48. The van der Waals surface area contributed by atoms with Gasteiger partial charge in [0, 0.05) is 19.4 Å². The van der Waals surface area contributed by atoms with Gasteiger partial charge in [0.2, 0.25) is 0 Å². The van der Waals surface area contributed by atoms with Crippen LogP contribution in [-0.2, 0) is 13.5 Å².